The zero-order valence-corrected chi connectivity index (χ0v) is 17.2. The summed E-state index contributed by atoms with van der Waals surface area (Å²) in [4.78, 5) is 34.9. The van der Waals surface area contributed by atoms with Crippen molar-refractivity contribution >= 4 is 23.5 Å². The fraction of sp³-hybridized carbons (Fsp3) is 0.190. The van der Waals surface area contributed by atoms with Gasteiger partial charge in [0.15, 0.2) is 5.60 Å². The average Bonchev–Trinajstić information content (AvgIpc) is 3.15. The molecule has 0 radical (unpaired) electrons. The summed E-state index contributed by atoms with van der Waals surface area (Å²) in [6.07, 6.45) is 0. The van der Waals surface area contributed by atoms with E-state index in [0.29, 0.717) is 5.02 Å². The second-order valence-electron chi connectivity index (χ2n) is 7.13. The van der Waals surface area contributed by atoms with Gasteiger partial charge in [-0.2, -0.15) is 5.16 Å². The lowest BCUT2D eigenvalue weighted by atomic mass is 10.0. The molecule has 1 heterocycles. The third-order valence-electron chi connectivity index (χ3n) is 4.48. The highest BCUT2D eigenvalue weighted by molar-refractivity contribution is 6.33. The van der Waals surface area contributed by atoms with Gasteiger partial charge in [0, 0.05) is 17.1 Å². The van der Waals surface area contributed by atoms with Crippen molar-refractivity contribution in [2.24, 2.45) is 0 Å². The molecule has 0 aliphatic heterocycles. The molecule has 3 aromatic rings. The first-order chi connectivity index (χ1) is 14.7. The quantitative estimate of drug-likeness (QED) is 0.390. The number of benzene rings is 2. The SMILES string of the molecule is C[C@@](O)(CN(Cc1ccc(-c2ccccc2Cl)cc1)NC(=O)c1cc(=O)[nH]o1)C(=O)O. The summed E-state index contributed by atoms with van der Waals surface area (Å²) < 4.78 is 4.76. The molecule has 2 aromatic carbocycles. The molecule has 0 saturated heterocycles. The summed E-state index contributed by atoms with van der Waals surface area (Å²) in [5, 5.41) is 23.2. The maximum absolute atomic E-state index is 12.3. The highest BCUT2D eigenvalue weighted by atomic mass is 35.5. The van der Waals surface area contributed by atoms with Gasteiger partial charge in [0.2, 0.25) is 5.76 Å². The monoisotopic (exact) mass is 445 g/mol. The van der Waals surface area contributed by atoms with Crippen molar-refractivity contribution in [3.8, 4) is 11.1 Å². The molecule has 4 N–H and O–H groups in total. The van der Waals surface area contributed by atoms with E-state index in [-0.39, 0.29) is 12.3 Å². The Morgan fingerprint density at radius 2 is 1.87 bits per heavy atom. The van der Waals surface area contributed by atoms with Crippen LogP contribution in [0.4, 0.5) is 0 Å². The van der Waals surface area contributed by atoms with Crippen LogP contribution >= 0.6 is 11.6 Å². The van der Waals surface area contributed by atoms with Gasteiger partial charge in [0.25, 0.3) is 5.56 Å². The van der Waals surface area contributed by atoms with E-state index in [1.807, 2.05) is 35.5 Å². The summed E-state index contributed by atoms with van der Waals surface area (Å²) in [5.74, 6) is -2.50. The number of carboxylic acid groups (broad SMARTS) is 1. The zero-order valence-electron chi connectivity index (χ0n) is 16.5. The van der Waals surface area contributed by atoms with Gasteiger partial charge in [0.1, 0.15) is 0 Å². The second-order valence-corrected chi connectivity index (χ2v) is 7.54. The number of carbonyl (C=O) groups is 2. The van der Waals surface area contributed by atoms with Crippen molar-refractivity contribution in [1.82, 2.24) is 15.6 Å². The molecule has 31 heavy (non-hydrogen) atoms. The molecule has 0 saturated carbocycles. The Morgan fingerprint density at radius 3 is 2.45 bits per heavy atom. The molecule has 3 rings (SSSR count). The fourth-order valence-corrected chi connectivity index (χ4v) is 3.12. The Hall–Kier alpha value is -3.40. The molecule has 0 aliphatic rings. The van der Waals surface area contributed by atoms with Gasteiger partial charge in [0.05, 0.1) is 12.6 Å². The van der Waals surface area contributed by atoms with Crippen LogP contribution in [0.15, 0.2) is 63.9 Å². The number of carbonyl (C=O) groups excluding carboxylic acids is 1. The van der Waals surface area contributed by atoms with E-state index < -0.39 is 29.6 Å². The molecule has 0 bridgehead atoms. The third kappa shape index (κ3) is 5.60. The highest BCUT2D eigenvalue weighted by Crippen LogP contribution is 2.27. The van der Waals surface area contributed by atoms with Crippen molar-refractivity contribution in [2.75, 3.05) is 6.54 Å². The number of nitrogens with one attached hydrogen (secondary N) is 2. The maximum atomic E-state index is 12.3. The van der Waals surface area contributed by atoms with E-state index >= 15 is 0 Å². The van der Waals surface area contributed by atoms with Gasteiger partial charge in [-0.15, -0.1) is 0 Å². The molecule has 1 aromatic heterocycles. The summed E-state index contributed by atoms with van der Waals surface area (Å²) >= 11 is 6.23. The van der Waals surface area contributed by atoms with Gasteiger partial charge < -0.3 is 14.7 Å². The molecule has 1 atom stereocenters. The van der Waals surface area contributed by atoms with Gasteiger partial charge in [-0.1, -0.05) is 54.1 Å². The van der Waals surface area contributed by atoms with E-state index in [1.54, 1.807) is 18.2 Å². The molecule has 0 aliphatic carbocycles. The Bertz CT molecular complexity index is 1140. The minimum absolute atomic E-state index is 0.0760. The Kier molecular flexibility index (Phi) is 6.59. The Morgan fingerprint density at radius 1 is 1.19 bits per heavy atom. The number of hydrogen-bond donors (Lipinski definition) is 4. The van der Waals surface area contributed by atoms with E-state index in [9.17, 15) is 24.6 Å². The predicted octanol–water partition coefficient (Wildman–Crippen LogP) is 2.27. The van der Waals surface area contributed by atoms with Crippen LogP contribution in [0.3, 0.4) is 0 Å². The van der Waals surface area contributed by atoms with Crippen LogP contribution in [0.25, 0.3) is 11.1 Å². The molecule has 0 unspecified atom stereocenters. The van der Waals surface area contributed by atoms with E-state index in [2.05, 4.69) is 5.43 Å². The lowest BCUT2D eigenvalue weighted by Crippen LogP contribution is -2.52. The van der Waals surface area contributed by atoms with Crippen LogP contribution in [0.2, 0.25) is 5.02 Å². The number of nitrogens with zero attached hydrogens (tertiary/aromatic N) is 1. The minimum Gasteiger partial charge on any atom is -0.479 e. The van der Waals surface area contributed by atoms with Crippen molar-refractivity contribution in [1.29, 1.82) is 0 Å². The molecule has 0 spiro atoms. The number of aliphatic carboxylic acids is 1. The molecule has 1 amide bonds. The summed E-state index contributed by atoms with van der Waals surface area (Å²) in [6.45, 7) is 0.771. The van der Waals surface area contributed by atoms with Gasteiger partial charge >= 0.3 is 11.9 Å². The van der Waals surface area contributed by atoms with Crippen molar-refractivity contribution in [3.05, 3.63) is 81.3 Å². The predicted molar refractivity (Wildman–Crippen MR) is 112 cm³/mol. The van der Waals surface area contributed by atoms with Crippen molar-refractivity contribution in [3.63, 3.8) is 0 Å². The molecule has 0 fully saturated rings. The van der Waals surface area contributed by atoms with Crippen LogP contribution in [-0.2, 0) is 11.3 Å². The zero-order chi connectivity index (χ0) is 22.6. The van der Waals surface area contributed by atoms with Gasteiger partial charge in [-0.25, -0.2) is 9.80 Å². The molecular formula is C21H20ClN3O6. The van der Waals surface area contributed by atoms with E-state index in [0.717, 1.165) is 29.7 Å². The normalized spacial score (nSPS) is 13.0. The van der Waals surface area contributed by atoms with Crippen LogP contribution in [0.1, 0.15) is 23.0 Å². The first kappa shape index (κ1) is 22.3. The lowest BCUT2D eigenvalue weighted by Gasteiger charge is -2.28. The number of aromatic nitrogens is 1. The largest absolute Gasteiger partial charge is 0.479 e. The van der Waals surface area contributed by atoms with Crippen LogP contribution < -0.4 is 11.0 Å². The number of amides is 1. The second kappa shape index (κ2) is 9.17. The van der Waals surface area contributed by atoms with Crippen molar-refractivity contribution < 1.29 is 24.3 Å². The number of aliphatic hydroxyl groups is 1. The Balaban J connectivity index is 1.80. The number of hydrazine groups is 1. The highest BCUT2D eigenvalue weighted by Gasteiger charge is 2.33. The summed E-state index contributed by atoms with van der Waals surface area (Å²) in [7, 11) is 0. The van der Waals surface area contributed by atoms with Gasteiger partial charge in [-0.3, -0.25) is 15.0 Å². The van der Waals surface area contributed by atoms with E-state index in [4.69, 9.17) is 16.1 Å². The first-order valence-electron chi connectivity index (χ1n) is 9.20. The number of carboxylic acids is 1. The van der Waals surface area contributed by atoms with Crippen LogP contribution in [-0.4, -0.2) is 44.4 Å². The standard InChI is InChI=1S/C21H20ClN3O6/c1-21(30,20(28)29)12-25(23-19(27)17-10-18(26)24-31-17)11-13-6-8-14(9-7-13)15-4-2-3-5-16(15)22/h2-10,30H,11-12H2,1H3,(H,23,27)(H,24,26)(H,28,29)/t21-/m1/s1. The van der Waals surface area contributed by atoms with E-state index in [1.165, 1.54) is 5.01 Å². The van der Waals surface area contributed by atoms with Crippen molar-refractivity contribution in [2.45, 2.75) is 19.1 Å². The first-order valence-corrected chi connectivity index (χ1v) is 9.57. The third-order valence-corrected chi connectivity index (χ3v) is 4.81. The maximum Gasteiger partial charge on any atom is 0.336 e. The number of rotatable bonds is 8. The molecule has 9 nitrogen and oxygen atoms in total. The van der Waals surface area contributed by atoms with Gasteiger partial charge in [-0.05, 0) is 24.1 Å². The molecular weight excluding hydrogens is 426 g/mol. The lowest BCUT2D eigenvalue weighted by molar-refractivity contribution is -0.159. The van der Waals surface area contributed by atoms with Crippen LogP contribution in [0.5, 0.6) is 0 Å². The Labute approximate surface area is 181 Å². The van der Waals surface area contributed by atoms with Crippen LogP contribution in [0, 0.1) is 0 Å². The summed E-state index contributed by atoms with van der Waals surface area (Å²) in [5.41, 5.74) is 2.20. The number of hydrogen-bond acceptors (Lipinski definition) is 6. The number of aromatic amines is 1. The summed E-state index contributed by atoms with van der Waals surface area (Å²) in [6, 6.07) is 15.6. The minimum atomic E-state index is -2.14. The number of halogens is 1. The topological polar surface area (TPSA) is 136 Å². The molecule has 10 heteroatoms. The fourth-order valence-electron chi connectivity index (χ4n) is 2.87. The average molecular weight is 446 g/mol. The molecule has 162 valence electrons. The smallest absolute Gasteiger partial charge is 0.336 e. The number of H-pyrrole nitrogens is 1.